The third kappa shape index (κ3) is 4.52. The zero-order chi connectivity index (χ0) is 19.4. The number of carbonyl (C=O) groups excluding carboxylic acids is 1. The zero-order valence-corrected chi connectivity index (χ0v) is 16.5. The molecule has 0 aliphatic carbocycles. The van der Waals surface area contributed by atoms with Crippen LogP contribution in [0.1, 0.15) is 24.0 Å². The standard InChI is InChI=1S/C21H27N5O/c1-15-11-18(17-8-5-7-16(12-17)14-25(3)4)24-19-13-23-26(21(15)19)10-6-9-20(27)22-2/h5,7-8,11-13H,6,9-10,14H2,1-4H3,(H,22,27). The van der Waals surface area contributed by atoms with E-state index in [4.69, 9.17) is 4.98 Å². The molecule has 6 nitrogen and oxygen atoms in total. The van der Waals surface area contributed by atoms with Gasteiger partial charge in [-0.1, -0.05) is 18.2 Å². The summed E-state index contributed by atoms with van der Waals surface area (Å²) in [6, 6.07) is 10.6. The van der Waals surface area contributed by atoms with Crippen LogP contribution >= 0.6 is 0 Å². The maximum absolute atomic E-state index is 11.4. The quantitative estimate of drug-likeness (QED) is 0.699. The van der Waals surface area contributed by atoms with Crippen LogP contribution < -0.4 is 5.32 Å². The Balaban J connectivity index is 1.87. The fourth-order valence-electron chi connectivity index (χ4n) is 3.32. The van der Waals surface area contributed by atoms with Crippen LogP contribution in [0.3, 0.4) is 0 Å². The number of nitrogens with zero attached hydrogens (tertiary/aromatic N) is 4. The molecule has 0 saturated carbocycles. The van der Waals surface area contributed by atoms with Crippen molar-refractivity contribution in [1.82, 2.24) is 25.0 Å². The summed E-state index contributed by atoms with van der Waals surface area (Å²) in [7, 11) is 5.80. The molecule has 1 amide bonds. The maximum atomic E-state index is 11.4. The van der Waals surface area contributed by atoms with Gasteiger partial charge in [0.25, 0.3) is 0 Å². The van der Waals surface area contributed by atoms with Crippen LogP contribution in [0.5, 0.6) is 0 Å². The van der Waals surface area contributed by atoms with Crippen molar-refractivity contribution < 1.29 is 4.79 Å². The molecule has 0 radical (unpaired) electrons. The molecule has 1 N–H and O–H groups in total. The van der Waals surface area contributed by atoms with Crippen LogP contribution in [-0.4, -0.2) is 46.7 Å². The molecule has 0 bridgehead atoms. The van der Waals surface area contributed by atoms with Crippen molar-refractivity contribution in [2.24, 2.45) is 0 Å². The SMILES string of the molecule is CNC(=O)CCCn1ncc2nc(-c3cccc(CN(C)C)c3)cc(C)c21. The van der Waals surface area contributed by atoms with Gasteiger partial charge in [-0.05, 0) is 50.7 Å². The summed E-state index contributed by atoms with van der Waals surface area (Å²) in [5, 5.41) is 7.14. The van der Waals surface area contributed by atoms with Gasteiger partial charge in [-0.2, -0.15) is 5.10 Å². The predicted octanol–water partition coefficient (Wildman–Crippen LogP) is 2.99. The first kappa shape index (κ1) is 19.0. The van der Waals surface area contributed by atoms with E-state index in [0.29, 0.717) is 13.0 Å². The highest BCUT2D eigenvalue weighted by Gasteiger charge is 2.11. The molecule has 1 aromatic carbocycles. The minimum Gasteiger partial charge on any atom is -0.359 e. The van der Waals surface area contributed by atoms with E-state index in [1.807, 2.05) is 10.9 Å². The molecule has 0 spiro atoms. The highest BCUT2D eigenvalue weighted by atomic mass is 16.1. The minimum absolute atomic E-state index is 0.0567. The molecule has 3 aromatic rings. The van der Waals surface area contributed by atoms with E-state index in [0.717, 1.165) is 40.8 Å². The average molecular weight is 365 g/mol. The number of hydrogen-bond donors (Lipinski definition) is 1. The van der Waals surface area contributed by atoms with E-state index in [-0.39, 0.29) is 5.91 Å². The Bertz CT molecular complexity index is 945. The number of aromatic nitrogens is 3. The molecule has 0 atom stereocenters. The summed E-state index contributed by atoms with van der Waals surface area (Å²) in [5.74, 6) is 0.0567. The molecule has 142 valence electrons. The average Bonchev–Trinajstić information content (AvgIpc) is 3.05. The molecule has 0 aliphatic heterocycles. The van der Waals surface area contributed by atoms with Crippen LogP contribution in [0.4, 0.5) is 0 Å². The Morgan fingerprint density at radius 3 is 2.81 bits per heavy atom. The second-order valence-electron chi connectivity index (χ2n) is 7.14. The lowest BCUT2D eigenvalue weighted by Gasteiger charge is -2.11. The summed E-state index contributed by atoms with van der Waals surface area (Å²) in [4.78, 5) is 18.4. The van der Waals surface area contributed by atoms with Crippen LogP contribution in [-0.2, 0) is 17.9 Å². The monoisotopic (exact) mass is 365 g/mol. The molecule has 0 saturated heterocycles. The van der Waals surface area contributed by atoms with Crippen molar-refractivity contribution in [3.05, 3.63) is 47.7 Å². The second-order valence-corrected chi connectivity index (χ2v) is 7.14. The fourth-order valence-corrected chi connectivity index (χ4v) is 3.32. The predicted molar refractivity (Wildman–Crippen MR) is 108 cm³/mol. The normalized spacial score (nSPS) is 11.3. The van der Waals surface area contributed by atoms with Gasteiger partial charge < -0.3 is 10.2 Å². The lowest BCUT2D eigenvalue weighted by Crippen LogP contribution is -2.18. The van der Waals surface area contributed by atoms with Gasteiger partial charge in [-0.25, -0.2) is 4.98 Å². The van der Waals surface area contributed by atoms with E-state index < -0.39 is 0 Å². The smallest absolute Gasteiger partial charge is 0.219 e. The second kappa shape index (κ2) is 8.31. The summed E-state index contributed by atoms with van der Waals surface area (Å²) in [6.45, 7) is 3.70. The molecule has 0 aliphatic rings. The molecule has 27 heavy (non-hydrogen) atoms. The zero-order valence-electron chi connectivity index (χ0n) is 16.5. The van der Waals surface area contributed by atoms with Crippen LogP contribution in [0.2, 0.25) is 0 Å². The van der Waals surface area contributed by atoms with Gasteiger partial charge >= 0.3 is 0 Å². The summed E-state index contributed by atoms with van der Waals surface area (Å²) < 4.78 is 1.95. The first-order valence-electron chi connectivity index (χ1n) is 9.25. The van der Waals surface area contributed by atoms with Gasteiger partial charge in [0.05, 0.1) is 17.4 Å². The molecular weight excluding hydrogens is 338 g/mol. The van der Waals surface area contributed by atoms with Gasteiger partial charge in [-0.15, -0.1) is 0 Å². The van der Waals surface area contributed by atoms with Crippen molar-refractivity contribution in [2.45, 2.75) is 32.9 Å². The van der Waals surface area contributed by atoms with Gasteiger partial charge in [0.1, 0.15) is 5.52 Å². The lowest BCUT2D eigenvalue weighted by atomic mass is 10.1. The Kier molecular flexibility index (Phi) is 5.86. The molecule has 6 heteroatoms. The highest BCUT2D eigenvalue weighted by molar-refractivity contribution is 5.81. The maximum Gasteiger partial charge on any atom is 0.219 e. The van der Waals surface area contributed by atoms with Crippen molar-refractivity contribution in [3.63, 3.8) is 0 Å². The number of benzene rings is 1. The van der Waals surface area contributed by atoms with Gasteiger partial charge in [0.2, 0.25) is 5.91 Å². The third-order valence-electron chi connectivity index (χ3n) is 4.56. The third-order valence-corrected chi connectivity index (χ3v) is 4.56. The number of amides is 1. The van der Waals surface area contributed by atoms with E-state index in [1.165, 1.54) is 5.56 Å². The number of fused-ring (bicyclic) bond motifs is 1. The van der Waals surface area contributed by atoms with E-state index in [1.54, 1.807) is 7.05 Å². The molecule has 3 rings (SSSR count). The number of aryl methyl sites for hydroxylation is 2. The molecule has 0 unspecified atom stereocenters. The van der Waals surface area contributed by atoms with Crippen molar-refractivity contribution in [1.29, 1.82) is 0 Å². The summed E-state index contributed by atoms with van der Waals surface area (Å²) in [5.41, 5.74) is 6.42. The minimum atomic E-state index is 0.0567. The number of carbonyl (C=O) groups is 1. The Morgan fingerprint density at radius 1 is 1.26 bits per heavy atom. The number of nitrogens with one attached hydrogen (secondary N) is 1. The van der Waals surface area contributed by atoms with Gasteiger partial charge in [0.15, 0.2) is 0 Å². The summed E-state index contributed by atoms with van der Waals surface area (Å²) in [6.07, 6.45) is 3.07. The molecular formula is C21H27N5O. The highest BCUT2D eigenvalue weighted by Crippen LogP contribution is 2.25. The number of pyridine rings is 1. The first-order chi connectivity index (χ1) is 13.0. The first-order valence-corrected chi connectivity index (χ1v) is 9.25. The van der Waals surface area contributed by atoms with E-state index in [2.05, 4.69) is 66.7 Å². The molecule has 0 fully saturated rings. The fraction of sp³-hybridized carbons (Fsp3) is 0.381. The number of rotatable bonds is 7. The van der Waals surface area contributed by atoms with Crippen molar-refractivity contribution >= 4 is 16.9 Å². The lowest BCUT2D eigenvalue weighted by molar-refractivity contribution is -0.120. The Morgan fingerprint density at radius 2 is 2.07 bits per heavy atom. The van der Waals surface area contributed by atoms with Gasteiger partial charge in [-0.3, -0.25) is 9.48 Å². The van der Waals surface area contributed by atoms with Crippen molar-refractivity contribution in [3.8, 4) is 11.3 Å². The molecule has 2 heterocycles. The van der Waals surface area contributed by atoms with Crippen molar-refractivity contribution in [2.75, 3.05) is 21.1 Å². The van der Waals surface area contributed by atoms with Crippen LogP contribution in [0.15, 0.2) is 36.5 Å². The van der Waals surface area contributed by atoms with Crippen LogP contribution in [0, 0.1) is 6.92 Å². The molecule has 2 aromatic heterocycles. The summed E-state index contributed by atoms with van der Waals surface area (Å²) >= 11 is 0. The largest absolute Gasteiger partial charge is 0.359 e. The van der Waals surface area contributed by atoms with Crippen LogP contribution in [0.25, 0.3) is 22.3 Å². The Labute approximate surface area is 160 Å². The Hall–Kier alpha value is -2.73. The topological polar surface area (TPSA) is 63.1 Å². The van der Waals surface area contributed by atoms with Gasteiger partial charge in [0, 0.05) is 32.1 Å². The number of hydrogen-bond acceptors (Lipinski definition) is 4. The van der Waals surface area contributed by atoms with E-state index in [9.17, 15) is 4.79 Å². The van der Waals surface area contributed by atoms with E-state index >= 15 is 0 Å².